The van der Waals surface area contributed by atoms with Crippen molar-refractivity contribution >= 4 is 12.0 Å². The second-order valence-corrected chi connectivity index (χ2v) is 6.04. The van der Waals surface area contributed by atoms with Crippen LogP contribution in [0.1, 0.15) is 33.6 Å². The first-order valence-electron chi connectivity index (χ1n) is 6.03. The lowest BCUT2D eigenvalue weighted by atomic mass is 9.86. The summed E-state index contributed by atoms with van der Waals surface area (Å²) in [5, 5.41) is 0. The minimum absolute atomic E-state index is 0.158. The fraction of sp³-hybridized carbons (Fsp3) is 0.467. The average Bonchev–Trinajstić information content (AvgIpc) is 2.29. The van der Waals surface area contributed by atoms with E-state index in [-0.39, 0.29) is 11.5 Å². The van der Waals surface area contributed by atoms with E-state index in [2.05, 4.69) is 39.5 Å². The number of allylic oxidation sites excluding steroid dienone is 1. The average molecular weight is 250 g/mol. The summed E-state index contributed by atoms with van der Waals surface area (Å²) in [7, 11) is 0. The van der Waals surface area contributed by atoms with Crippen molar-refractivity contribution in [2.75, 3.05) is 0 Å². The molecule has 0 aliphatic heterocycles. The monoisotopic (exact) mass is 250 g/mol. The third kappa shape index (κ3) is 5.42. The molecule has 0 spiro atoms. The van der Waals surface area contributed by atoms with Crippen LogP contribution in [0.25, 0.3) is 0 Å². The van der Waals surface area contributed by atoms with E-state index in [1.807, 2.05) is 24.3 Å². The van der Waals surface area contributed by atoms with E-state index >= 15 is 0 Å². The Bertz CT molecular complexity index is 327. The largest absolute Gasteiger partial charge is 0.306 e. The van der Waals surface area contributed by atoms with E-state index in [1.165, 1.54) is 12.0 Å². The highest BCUT2D eigenvalue weighted by atomic mass is 32.2. The summed E-state index contributed by atoms with van der Waals surface area (Å²) in [5.41, 5.74) is 0.158. The normalized spacial score (nSPS) is 13.4. The van der Waals surface area contributed by atoms with Gasteiger partial charge in [-0.2, -0.15) is 0 Å². The summed E-state index contributed by atoms with van der Waals surface area (Å²) < 4.78 is 5.96. The van der Waals surface area contributed by atoms with Crippen molar-refractivity contribution in [2.24, 2.45) is 5.41 Å². The molecule has 0 bridgehead atoms. The molecule has 1 aromatic carbocycles. The lowest BCUT2D eigenvalue weighted by Gasteiger charge is -2.29. The standard InChI is InChI=1S/C15H22OS/c1-5-6-12-14(15(2,3)4)16-17-13-10-8-7-9-11-13/h5,7-11,14H,1,6,12H2,2-4H3. The van der Waals surface area contributed by atoms with Gasteiger partial charge in [0.25, 0.3) is 0 Å². The Kier molecular flexibility index (Phi) is 5.79. The zero-order valence-electron chi connectivity index (χ0n) is 11.0. The van der Waals surface area contributed by atoms with Gasteiger partial charge in [-0.05, 0) is 30.4 Å². The van der Waals surface area contributed by atoms with Crippen LogP contribution < -0.4 is 0 Å². The molecular formula is C15H22OS. The van der Waals surface area contributed by atoms with Crippen molar-refractivity contribution in [3.8, 4) is 0 Å². The highest BCUT2D eigenvalue weighted by Gasteiger charge is 2.25. The van der Waals surface area contributed by atoms with Crippen LogP contribution in [0.3, 0.4) is 0 Å². The molecule has 0 radical (unpaired) electrons. The van der Waals surface area contributed by atoms with Crippen molar-refractivity contribution in [3.63, 3.8) is 0 Å². The van der Waals surface area contributed by atoms with Gasteiger partial charge in [0.1, 0.15) is 0 Å². The Morgan fingerprint density at radius 2 is 1.94 bits per heavy atom. The van der Waals surface area contributed by atoms with Gasteiger partial charge in [-0.3, -0.25) is 0 Å². The summed E-state index contributed by atoms with van der Waals surface area (Å²) in [6.07, 6.45) is 4.21. The fourth-order valence-corrected chi connectivity index (χ4v) is 2.36. The van der Waals surface area contributed by atoms with Gasteiger partial charge in [0.2, 0.25) is 0 Å². The molecule has 0 aliphatic rings. The van der Waals surface area contributed by atoms with Crippen LogP contribution in [0.15, 0.2) is 47.9 Å². The van der Waals surface area contributed by atoms with Crippen LogP contribution in [0.2, 0.25) is 0 Å². The summed E-state index contributed by atoms with van der Waals surface area (Å²) in [6, 6.07) is 10.2. The third-order valence-corrected chi connectivity index (χ3v) is 3.40. The number of benzene rings is 1. The zero-order chi connectivity index (χ0) is 12.7. The number of hydrogen-bond acceptors (Lipinski definition) is 2. The van der Waals surface area contributed by atoms with Crippen LogP contribution in [0.4, 0.5) is 0 Å². The highest BCUT2D eigenvalue weighted by molar-refractivity contribution is 7.94. The van der Waals surface area contributed by atoms with E-state index in [1.54, 1.807) is 0 Å². The smallest absolute Gasteiger partial charge is 0.0778 e. The second kappa shape index (κ2) is 6.87. The summed E-state index contributed by atoms with van der Waals surface area (Å²) in [5.74, 6) is 0. The van der Waals surface area contributed by atoms with Crippen LogP contribution in [-0.4, -0.2) is 6.10 Å². The molecule has 0 aliphatic carbocycles. The van der Waals surface area contributed by atoms with Gasteiger partial charge in [0, 0.05) is 16.9 Å². The Hall–Kier alpha value is -0.730. The molecule has 2 heteroatoms. The molecule has 0 fully saturated rings. The first-order chi connectivity index (χ1) is 8.04. The zero-order valence-corrected chi connectivity index (χ0v) is 11.8. The third-order valence-electron chi connectivity index (χ3n) is 2.60. The molecule has 1 atom stereocenters. The summed E-state index contributed by atoms with van der Waals surface area (Å²) >= 11 is 1.47. The van der Waals surface area contributed by atoms with Crippen molar-refractivity contribution in [3.05, 3.63) is 43.0 Å². The minimum Gasteiger partial charge on any atom is -0.306 e. The van der Waals surface area contributed by atoms with Crippen molar-refractivity contribution in [1.82, 2.24) is 0 Å². The summed E-state index contributed by atoms with van der Waals surface area (Å²) in [6.45, 7) is 10.4. The maximum absolute atomic E-state index is 5.96. The van der Waals surface area contributed by atoms with Gasteiger partial charge >= 0.3 is 0 Å². The molecule has 0 saturated carbocycles. The van der Waals surface area contributed by atoms with E-state index < -0.39 is 0 Å². The van der Waals surface area contributed by atoms with Crippen molar-refractivity contribution < 1.29 is 4.18 Å². The number of rotatable bonds is 6. The van der Waals surface area contributed by atoms with Gasteiger partial charge in [-0.15, -0.1) is 6.58 Å². The topological polar surface area (TPSA) is 9.23 Å². The minimum atomic E-state index is 0.158. The van der Waals surface area contributed by atoms with E-state index in [4.69, 9.17) is 4.18 Å². The molecule has 0 saturated heterocycles. The Morgan fingerprint density at radius 3 is 2.47 bits per heavy atom. The fourth-order valence-electron chi connectivity index (χ4n) is 1.48. The van der Waals surface area contributed by atoms with E-state index in [0.717, 1.165) is 17.7 Å². The molecule has 1 aromatic rings. The second-order valence-electron chi connectivity index (χ2n) is 5.21. The molecule has 94 valence electrons. The maximum Gasteiger partial charge on any atom is 0.0778 e. The lowest BCUT2D eigenvalue weighted by Crippen LogP contribution is -2.27. The van der Waals surface area contributed by atoms with Gasteiger partial charge in [-0.1, -0.05) is 45.0 Å². The molecular weight excluding hydrogens is 228 g/mol. The van der Waals surface area contributed by atoms with Gasteiger partial charge in [-0.25, -0.2) is 0 Å². The Balaban J connectivity index is 2.52. The Morgan fingerprint density at radius 1 is 1.29 bits per heavy atom. The molecule has 0 heterocycles. The molecule has 1 nitrogen and oxygen atoms in total. The quantitative estimate of drug-likeness (QED) is 0.513. The van der Waals surface area contributed by atoms with Crippen LogP contribution in [0.5, 0.6) is 0 Å². The van der Waals surface area contributed by atoms with E-state index in [0.29, 0.717) is 0 Å². The molecule has 0 aromatic heterocycles. The molecule has 17 heavy (non-hydrogen) atoms. The molecule has 0 amide bonds. The van der Waals surface area contributed by atoms with Gasteiger partial charge < -0.3 is 4.18 Å². The van der Waals surface area contributed by atoms with Gasteiger partial charge in [0.15, 0.2) is 0 Å². The molecule has 1 rings (SSSR count). The van der Waals surface area contributed by atoms with Crippen LogP contribution >= 0.6 is 12.0 Å². The highest BCUT2D eigenvalue weighted by Crippen LogP contribution is 2.32. The van der Waals surface area contributed by atoms with E-state index in [9.17, 15) is 0 Å². The lowest BCUT2D eigenvalue weighted by molar-refractivity contribution is 0.102. The number of hydrogen-bond donors (Lipinski definition) is 0. The van der Waals surface area contributed by atoms with Crippen molar-refractivity contribution in [1.29, 1.82) is 0 Å². The predicted octanol–water partition coefficient (Wildman–Crippen LogP) is 5.09. The molecule has 1 unspecified atom stereocenters. The van der Waals surface area contributed by atoms with Crippen LogP contribution in [0, 0.1) is 5.41 Å². The first kappa shape index (κ1) is 14.3. The van der Waals surface area contributed by atoms with Crippen molar-refractivity contribution in [2.45, 2.75) is 44.6 Å². The maximum atomic E-state index is 5.96. The first-order valence-corrected chi connectivity index (χ1v) is 6.77. The SMILES string of the molecule is C=CCCC(OSc1ccccc1)C(C)(C)C. The predicted molar refractivity (Wildman–Crippen MR) is 76.1 cm³/mol. The van der Waals surface area contributed by atoms with Crippen LogP contribution in [-0.2, 0) is 4.18 Å². The van der Waals surface area contributed by atoms with Gasteiger partial charge in [0.05, 0.1) is 6.10 Å². The summed E-state index contributed by atoms with van der Waals surface area (Å²) in [4.78, 5) is 1.15. The molecule has 0 N–H and O–H groups in total. The Labute approximate surface area is 109 Å².